The van der Waals surface area contributed by atoms with E-state index in [1.807, 2.05) is 0 Å². The fourth-order valence-corrected chi connectivity index (χ4v) is 2.01. The van der Waals surface area contributed by atoms with Crippen LogP contribution in [0, 0.1) is 5.92 Å². The third-order valence-corrected chi connectivity index (χ3v) is 2.75. The number of methoxy groups -OCH3 is 1. The summed E-state index contributed by atoms with van der Waals surface area (Å²) in [6.07, 6.45) is 0. The predicted molar refractivity (Wildman–Crippen MR) is 63.1 cm³/mol. The van der Waals surface area contributed by atoms with E-state index in [1.165, 1.54) is 0 Å². The molecule has 0 saturated carbocycles. The minimum atomic E-state index is 0.529. The number of alkyl halides is 1. The van der Waals surface area contributed by atoms with Crippen molar-refractivity contribution in [2.45, 2.75) is 19.9 Å². The van der Waals surface area contributed by atoms with Crippen LogP contribution in [-0.4, -0.2) is 44.8 Å². The van der Waals surface area contributed by atoms with Crippen molar-refractivity contribution < 1.29 is 9.47 Å². The smallest absolute Gasteiger partial charge is 0.0700 e. The molecule has 14 heavy (non-hydrogen) atoms. The van der Waals surface area contributed by atoms with E-state index in [9.17, 15) is 0 Å². The van der Waals surface area contributed by atoms with Gasteiger partial charge in [-0.15, -0.1) is 0 Å². The maximum absolute atomic E-state index is 5.35. The van der Waals surface area contributed by atoms with Crippen LogP contribution in [-0.2, 0) is 9.47 Å². The highest BCUT2D eigenvalue weighted by atomic mass is 79.9. The summed E-state index contributed by atoms with van der Waals surface area (Å²) in [6, 6.07) is 0.529. The molecule has 1 unspecified atom stereocenters. The number of rotatable bonds is 9. The van der Waals surface area contributed by atoms with Gasteiger partial charge in [-0.1, -0.05) is 29.8 Å². The van der Waals surface area contributed by atoms with Crippen molar-refractivity contribution >= 4 is 15.9 Å². The summed E-state index contributed by atoms with van der Waals surface area (Å²) in [5, 5.41) is 4.42. The van der Waals surface area contributed by atoms with Gasteiger partial charge in [0.05, 0.1) is 19.8 Å². The Bertz CT molecular complexity index is 123. The average molecular weight is 268 g/mol. The monoisotopic (exact) mass is 267 g/mol. The molecule has 0 aromatic heterocycles. The largest absolute Gasteiger partial charge is 0.382 e. The molecule has 0 radical (unpaired) electrons. The van der Waals surface area contributed by atoms with Crippen LogP contribution in [0.25, 0.3) is 0 Å². The van der Waals surface area contributed by atoms with Crippen LogP contribution in [0.1, 0.15) is 13.8 Å². The van der Waals surface area contributed by atoms with E-state index < -0.39 is 0 Å². The van der Waals surface area contributed by atoms with E-state index in [0.717, 1.165) is 18.5 Å². The van der Waals surface area contributed by atoms with E-state index in [-0.39, 0.29) is 0 Å². The summed E-state index contributed by atoms with van der Waals surface area (Å²) in [4.78, 5) is 0. The van der Waals surface area contributed by atoms with Crippen LogP contribution in [0.2, 0.25) is 0 Å². The van der Waals surface area contributed by atoms with Gasteiger partial charge in [-0.25, -0.2) is 0 Å². The number of halogens is 1. The van der Waals surface area contributed by atoms with E-state index in [0.29, 0.717) is 25.2 Å². The normalized spacial score (nSPS) is 13.5. The molecule has 0 rings (SSSR count). The van der Waals surface area contributed by atoms with Crippen molar-refractivity contribution in [1.29, 1.82) is 0 Å². The van der Waals surface area contributed by atoms with Gasteiger partial charge in [-0.3, -0.25) is 0 Å². The number of ether oxygens (including phenoxy) is 2. The topological polar surface area (TPSA) is 30.5 Å². The molecule has 0 aromatic rings. The second-order valence-electron chi connectivity index (χ2n) is 3.56. The van der Waals surface area contributed by atoms with Crippen LogP contribution in [0.5, 0.6) is 0 Å². The molecule has 0 heterocycles. The maximum atomic E-state index is 5.35. The molecule has 1 atom stereocenters. The van der Waals surface area contributed by atoms with Crippen molar-refractivity contribution in [2.75, 3.05) is 38.8 Å². The summed E-state index contributed by atoms with van der Waals surface area (Å²) in [5.41, 5.74) is 0. The molecule has 1 N–H and O–H groups in total. The quantitative estimate of drug-likeness (QED) is 0.509. The van der Waals surface area contributed by atoms with Crippen molar-refractivity contribution in [1.82, 2.24) is 5.32 Å². The van der Waals surface area contributed by atoms with Crippen LogP contribution in [0.4, 0.5) is 0 Å². The van der Waals surface area contributed by atoms with Gasteiger partial charge in [0.15, 0.2) is 0 Å². The molecule has 0 spiro atoms. The van der Waals surface area contributed by atoms with Crippen molar-refractivity contribution in [3.63, 3.8) is 0 Å². The molecular weight excluding hydrogens is 246 g/mol. The predicted octanol–water partition coefficient (Wildman–Crippen LogP) is 1.66. The summed E-state index contributed by atoms with van der Waals surface area (Å²) < 4.78 is 10.2. The zero-order chi connectivity index (χ0) is 10.8. The lowest BCUT2D eigenvalue weighted by atomic mass is 10.1. The molecule has 0 fully saturated rings. The molecule has 0 aromatic carbocycles. The fourth-order valence-electron chi connectivity index (χ4n) is 1.03. The second kappa shape index (κ2) is 9.90. The van der Waals surface area contributed by atoms with Crippen molar-refractivity contribution in [3.8, 4) is 0 Å². The standard InChI is InChI=1S/C10H22BrNO2/c1-9(2)10(8-11)12-4-5-14-7-6-13-3/h9-10,12H,4-8H2,1-3H3. The molecule has 3 nitrogen and oxygen atoms in total. The molecule has 0 aliphatic heterocycles. The Morgan fingerprint density at radius 1 is 1.21 bits per heavy atom. The van der Waals surface area contributed by atoms with Crippen molar-refractivity contribution in [2.24, 2.45) is 5.92 Å². The molecule has 0 amide bonds. The highest BCUT2D eigenvalue weighted by molar-refractivity contribution is 9.09. The molecule has 0 bridgehead atoms. The Morgan fingerprint density at radius 3 is 2.43 bits per heavy atom. The SMILES string of the molecule is COCCOCCNC(CBr)C(C)C. The van der Waals surface area contributed by atoms with Gasteiger partial charge in [-0.05, 0) is 5.92 Å². The number of hydrogen-bond acceptors (Lipinski definition) is 3. The fraction of sp³-hybridized carbons (Fsp3) is 1.00. The number of hydrogen-bond donors (Lipinski definition) is 1. The third kappa shape index (κ3) is 7.74. The van der Waals surface area contributed by atoms with Crippen LogP contribution < -0.4 is 5.32 Å². The van der Waals surface area contributed by atoms with Gasteiger partial charge < -0.3 is 14.8 Å². The van der Waals surface area contributed by atoms with Gasteiger partial charge in [0, 0.05) is 25.0 Å². The Kier molecular flexibility index (Phi) is 10.2. The van der Waals surface area contributed by atoms with Crippen LogP contribution in [0.3, 0.4) is 0 Å². The average Bonchev–Trinajstić information content (AvgIpc) is 2.16. The molecule has 0 aliphatic carbocycles. The first-order valence-corrected chi connectivity index (χ1v) is 6.20. The van der Waals surface area contributed by atoms with E-state index in [1.54, 1.807) is 7.11 Å². The minimum Gasteiger partial charge on any atom is -0.382 e. The zero-order valence-electron chi connectivity index (χ0n) is 9.38. The van der Waals surface area contributed by atoms with Gasteiger partial charge in [0.2, 0.25) is 0 Å². The minimum absolute atomic E-state index is 0.529. The summed E-state index contributed by atoms with van der Waals surface area (Å²) >= 11 is 3.49. The van der Waals surface area contributed by atoms with Gasteiger partial charge in [0.25, 0.3) is 0 Å². The molecule has 4 heteroatoms. The third-order valence-electron chi connectivity index (χ3n) is 2.06. The Hall–Kier alpha value is 0.360. The highest BCUT2D eigenvalue weighted by Gasteiger charge is 2.09. The Labute approximate surface area is 95.7 Å². The zero-order valence-corrected chi connectivity index (χ0v) is 11.0. The summed E-state index contributed by atoms with van der Waals surface area (Å²) in [5.74, 6) is 0.647. The number of nitrogens with one attached hydrogen (secondary N) is 1. The summed E-state index contributed by atoms with van der Waals surface area (Å²) in [7, 11) is 1.68. The van der Waals surface area contributed by atoms with Crippen molar-refractivity contribution in [3.05, 3.63) is 0 Å². The molecule has 0 saturated heterocycles. The lowest BCUT2D eigenvalue weighted by Gasteiger charge is -2.19. The first-order chi connectivity index (χ1) is 6.72. The van der Waals surface area contributed by atoms with Gasteiger partial charge in [0.1, 0.15) is 0 Å². The lowest BCUT2D eigenvalue weighted by Crippen LogP contribution is -2.37. The molecule has 0 aliphatic rings. The lowest BCUT2D eigenvalue weighted by molar-refractivity contribution is 0.0708. The first kappa shape index (κ1) is 14.4. The highest BCUT2D eigenvalue weighted by Crippen LogP contribution is 2.03. The Morgan fingerprint density at radius 2 is 1.93 bits per heavy atom. The molecule has 86 valence electrons. The maximum Gasteiger partial charge on any atom is 0.0700 e. The van der Waals surface area contributed by atoms with E-state index in [4.69, 9.17) is 9.47 Å². The summed E-state index contributed by atoms with van der Waals surface area (Å²) in [6.45, 7) is 7.43. The first-order valence-electron chi connectivity index (χ1n) is 5.08. The van der Waals surface area contributed by atoms with E-state index in [2.05, 4.69) is 35.1 Å². The van der Waals surface area contributed by atoms with E-state index >= 15 is 0 Å². The van der Waals surface area contributed by atoms with Gasteiger partial charge >= 0.3 is 0 Å². The van der Waals surface area contributed by atoms with Gasteiger partial charge in [-0.2, -0.15) is 0 Å². The van der Waals surface area contributed by atoms with Crippen LogP contribution in [0.15, 0.2) is 0 Å². The van der Waals surface area contributed by atoms with Crippen LogP contribution >= 0.6 is 15.9 Å². The molecular formula is C10H22BrNO2. The second-order valence-corrected chi connectivity index (χ2v) is 4.21. The Balaban J connectivity index is 3.25.